The van der Waals surface area contributed by atoms with Crippen LogP contribution in [0.25, 0.3) is 0 Å². The molecule has 7 N–H and O–H groups in total. The van der Waals surface area contributed by atoms with Crippen LogP contribution in [0.3, 0.4) is 0 Å². The number of nitrogens with one attached hydrogen (secondary N) is 3. The van der Waals surface area contributed by atoms with Crippen molar-refractivity contribution < 1.29 is 9.59 Å². The molecule has 154 valence electrons. The Morgan fingerprint density at radius 1 is 1.10 bits per heavy atom. The van der Waals surface area contributed by atoms with Gasteiger partial charge in [-0.25, -0.2) is 9.78 Å². The number of carbonyl (C=O) groups excluding carboxylic acids is 2. The van der Waals surface area contributed by atoms with Gasteiger partial charge >= 0.3 is 6.03 Å². The van der Waals surface area contributed by atoms with Crippen LogP contribution in [0.4, 0.5) is 27.9 Å². The molecule has 30 heavy (non-hydrogen) atoms. The second-order valence-electron chi connectivity index (χ2n) is 6.41. The number of hydrogen-bond donors (Lipinski definition) is 5. The zero-order chi connectivity index (χ0) is 21.7. The zero-order valence-corrected chi connectivity index (χ0v) is 16.8. The van der Waals surface area contributed by atoms with E-state index in [4.69, 9.17) is 23.1 Å². The minimum Gasteiger partial charge on any atom is -0.365 e. The number of rotatable bonds is 7. The molecule has 0 spiro atoms. The van der Waals surface area contributed by atoms with E-state index in [2.05, 4.69) is 25.9 Å². The summed E-state index contributed by atoms with van der Waals surface area (Å²) in [5.74, 6) is -0.139. The molecule has 0 aliphatic carbocycles. The second-order valence-corrected chi connectivity index (χ2v) is 6.81. The molecule has 2 aromatic carbocycles. The predicted molar refractivity (Wildman–Crippen MR) is 117 cm³/mol. The number of carbonyl (C=O) groups is 2. The zero-order valence-electron chi connectivity index (χ0n) is 16.0. The van der Waals surface area contributed by atoms with Crippen molar-refractivity contribution in [2.24, 2.45) is 11.5 Å². The van der Waals surface area contributed by atoms with Gasteiger partial charge in [-0.2, -0.15) is 4.98 Å². The summed E-state index contributed by atoms with van der Waals surface area (Å²) in [6.07, 6.45) is 1.34. The molecule has 1 aromatic heterocycles. The van der Waals surface area contributed by atoms with Crippen LogP contribution < -0.4 is 27.4 Å². The lowest BCUT2D eigenvalue weighted by Crippen LogP contribution is -2.19. The van der Waals surface area contributed by atoms with E-state index in [1.54, 1.807) is 18.2 Å². The van der Waals surface area contributed by atoms with Crippen molar-refractivity contribution in [3.63, 3.8) is 0 Å². The number of primary amides is 2. The number of hydrogen-bond acceptors (Lipinski definition) is 6. The number of amides is 3. The summed E-state index contributed by atoms with van der Waals surface area (Å²) >= 11 is 6.05. The van der Waals surface area contributed by atoms with Crippen LogP contribution >= 0.6 is 11.6 Å². The molecule has 9 nitrogen and oxygen atoms in total. The third-order valence-electron chi connectivity index (χ3n) is 4.19. The molecule has 0 aliphatic heterocycles. The maximum absolute atomic E-state index is 11.8. The second kappa shape index (κ2) is 9.10. The molecule has 3 rings (SSSR count). The van der Waals surface area contributed by atoms with E-state index in [-0.39, 0.29) is 17.6 Å². The monoisotopic (exact) mass is 425 g/mol. The number of aromatic nitrogens is 2. The molecule has 3 aromatic rings. The van der Waals surface area contributed by atoms with Gasteiger partial charge in [0.1, 0.15) is 5.82 Å². The summed E-state index contributed by atoms with van der Waals surface area (Å²) in [5, 5.41) is 8.95. The highest BCUT2D eigenvalue weighted by atomic mass is 35.5. The Morgan fingerprint density at radius 2 is 1.83 bits per heavy atom. The number of halogens is 1. The molecule has 0 saturated carbocycles. The highest BCUT2D eigenvalue weighted by Crippen LogP contribution is 2.27. The van der Waals surface area contributed by atoms with E-state index in [1.807, 2.05) is 37.3 Å². The number of anilines is 4. The average Bonchev–Trinajstić information content (AvgIpc) is 2.71. The maximum Gasteiger partial charge on any atom is 0.316 e. The highest BCUT2D eigenvalue weighted by molar-refractivity contribution is 6.33. The van der Waals surface area contributed by atoms with Crippen LogP contribution in [0.1, 0.15) is 28.9 Å². The fourth-order valence-electron chi connectivity index (χ4n) is 2.72. The first-order valence-corrected chi connectivity index (χ1v) is 9.32. The number of nitrogens with zero attached hydrogens (tertiary/aromatic N) is 2. The number of benzene rings is 2. The smallest absolute Gasteiger partial charge is 0.316 e. The SMILES string of the molecule is C[C@@H](Nc1nc(Nc2ccc(Cl)c(NC(N)=O)c2)ncc1C(N)=O)c1ccccc1. The lowest BCUT2D eigenvalue weighted by molar-refractivity contribution is 0.100. The van der Waals surface area contributed by atoms with Gasteiger partial charge in [0.15, 0.2) is 0 Å². The van der Waals surface area contributed by atoms with E-state index in [0.29, 0.717) is 22.2 Å². The topological polar surface area (TPSA) is 148 Å². The predicted octanol–water partition coefficient (Wildman–Crippen LogP) is 3.64. The van der Waals surface area contributed by atoms with Crippen molar-refractivity contribution >= 4 is 46.7 Å². The lowest BCUT2D eigenvalue weighted by Gasteiger charge is -2.17. The van der Waals surface area contributed by atoms with E-state index >= 15 is 0 Å². The molecule has 0 bridgehead atoms. The van der Waals surface area contributed by atoms with Gasteiger partial charge in [0.25, 0.3) is 5.91 Å². The van der Waals surface area contributed by atoms with Gasteiger partial charge < -0.3 is 27.4 Å². The molecule has 1 atom stereocenters. The number of urea groups is 1. The minimum absolute atomic E-state index is 0.131. The first kappa shape index (κ1) is 20.9. The summed E-state index contributed by atoms with van der Waals surface area (Å²) in [5.41, 5.74) is 12.7. The van der Waals surface area contributed by atoms with E-state index in [9.17, 15) is 9.59 Å². The first-order valence-electron chi connectivity index (χ1n) is 8.95. The molecular formula is C20H20ClN7O2. The Hall–Kier alpha value is -3.85. The number of nitrogens with two attached hydrogens (primary N) is 2. The third kappa shape index (κ3) is 5.15. The molecule has 0 saturated heterocycles. The van der Waals surface area contributed by atoms with Gasteiger partial charge in [0.2, 0.25) is 5.95 Å². The summed E-state index contributed by atoms with van der Waals surface area (Å²) in [4.78, 5) is 31.5. The molecule has 0 radical (unpaired) electrons. The van der Waals surface area contributed by atoms with Crippen LogP contribution in [-0.4, -0.2) is 21.9 Å². The molecule has 0 unspecified atom stereocenters. The van der Waals surface area contributed by atoms with E-state index in [0.717, 1.165) is 5.56 Å². The maximum atomic E-state index is 11.8. The quantitative estimate of drug-likeness (QED) is 0.390. The van der Waals surface area contributed by atoms with Gasteiger partial charge in [-0.3, -0.25) is 4.79 Å². The third-order valence-corrected chi connectivity index (χ3v) is 4.52. The molecule has 0 fully saturated rings. The Morgan fingerprint density at radius 3 is 2.50 bits per heavy atom. The molecule has 0 aliphatic rings. The first-order chi connectivity index (χ1) is 14.3. The summed E-state index contributed by atoms with van der Waals surface area (Å²) in [6.45, 7) is 1.94. The Bertz CT molecular complexity index is 1080. The van der Waals surface area contributed by atoms with Gasteiger partial charge in [-0.05, 0) is 30.7 Å². The van der Waals surface area contributed by atoms with Gasteiger partial charge in [-0.15, -0.1) is 0 Å². The summed E-state index contributed by atoms with van der Waals surface area (Å²) in [6, 6.07) is 13.7. The van der Waals surface area contributed by atoms with Crippen molar-refractivity contribution in [1.29, 1.82) is 0 Å². The molecule has 10 heteroatoms. The largest absolute Gasteiger partial charge is 0.365 e. The average molecular weight is 426 g/mol. The van der Waals surface area contributed by atoms with Crippen molar-refractivity contribution in [3.05, 3.63) is 70.9 Å². The highest BCUT2D eigenvalue weighted by Gasteiger charge is 2.15. The van der Waals surface area contributed by atoms with Crippen LogP contribution in [0, 0.1) is 0 Å². The fourth-order valence-corrected chi connectivity index (χ4v) is 2.89. The molecule has 1 heterocycles. The minimum atomic E-state index is -0.738. The van der Waals surface area contributed by atoms with Crippen LogP contribution in [-0.2, 0) is 0 Å². The van der Waals surface area contributed by atoms with Crippen molar-refractivity contribution in [1.82, 2.24) is 9.97 Å². The van der Waals surface area contributed by atoms with Crippen LogP contribution in [0.5, 0.6) is 0 Å². The van der Waals surface area contributed by atoms with Crippen molar-refractivity contribution in [2.75, 3.05) is 16.0 Å². The summed E-state index contributed by atoms with van der Waals surface area (Å²) in [7, 11) is 0. The van der Waals surface area contributed by atoms with Crippen LogP contribution in [0.2, 0.25) is 5.02 Å². The van der Waals surface area contributed by atoms with E-state index in [1.165, 1.54) is 6.20 Å². The summed E-state index contributed by atoms with van der Waals surface area (Å²) < 4.78 is 0. The van der Waals surface area contributed by atoms with Gasteiger partial charge in [0, 0.05) is 17.9 Å². The van der Waals surface area contributed by atoms with Gasteiger partial charge in [-0.1, -0.05) is 41.9 Å². The van der Waals surface area contributed by atoms with E-state index < -0.39 is 11.9 Å². The van der Waals surface area contributed by atoms with Gasteiger partial charge in [0.05, 0.1) is 16.3 Å². The fraction of sp³-hybridized carbons (Fsp3) is 0.100. The Balaban J connectivity index is 1.87. The standard InChI is InChI=1S/C20H20ClN7O2/c1-11(12-5-3-2-4-6-12)25-18-14(17(22)29)10-24-20(28-18)26-13-7-8-15(21)16(9-13)27-19(23)30/h2-11H,1H3,(H2,22,29)(H3,23,27,30)(H2,24,25,26,28)/t11-/m1/s1. The molecular weight excluding hydrogens is 406 g/mol. The van der Waals surface area contributed by atoms with Crippen molar-refractivity contribution in [3.8, 4) is 0 Å². The Labute approximate surface area is 177 Å². The van der Waals surface area contributed by atoms with Crippen molar-refractivity contribution in [2.45, 2.75) is 13.0 Å². The molecule has 3 amide bonds. The Kier molecular flexibility index (Phi) is 6.33. The lowest BCUT2D eigenvalue weighted by atomic mass is 10.1. The normalized spacial score (nSPS) is 11.4. The van der Waals surface area contributed by atoms with Crippen LogP contribution in [0.15, 0.2) is 54.7 Å².